The van der Waals surface area contributed by atoms with Crippen LogP contribution in [0.2, 0.25) is 0 Å². The molecule has 3 aromatic heterocycles. The molecule has 1 saturated heterocycles. The van der Waals surface area contributed by atoms with Crippen molar-refractivity contribution < 1.29 is 0 Å². The predicted octanol–water partition coefficient (Wildman–Crippen LogP) is 5.76. The molecule has 1 aliphatic heterocycles. The summed E-state index contributed by atoms with van der Waals surface area (Å²) in [6.07, 6.45) is 9.74. The van der Waals surface area contributed by atoms with E-state index in [2.05, 4.69) is 53.0 Å². The molecule has 162 valence electrons. The lowest BCUT2D eigenvalue weighted by Gasteiger charge is -2.28. The van der Waals surface area contributed by atoms with Crippen LogP contribution in [-0.4, -0.2) is 32.9 Å². The molecule has 1 N–H and O–H groups in total. The quantitative estimate of drug-likeness (QED) is 0.443. The third-order valence-corrected chi connectivity index (χ3v) is 6.81. The molecule has 0 unspecified atom stereocenters. The molecular weight excluding hydrogens is 394 g/mol. The van der Waals surface area contributed by atoms with E-state index in [1.54, 1.807) is 6.20 Å². The first-order valence-electron chi connectivity index (χ1n) is 11.7. The van der Waals surface area contributed by atoms with Crippen molar-refractivity contribution >= 4 is 21.9 Å². The van der Waals surface area contributed by atoms with Gasteiger partial charge in [-0.3, -0.25) is 4.90 Å². The number of piperidine rings is 1. The zero-order valence-electron chi connectivity index (χ0n) is 18.9. The van der Waals surface area contributed by atoms with E-state index < -0.39 is 0 Å². The molecule has 1 aromatic carbocycles. The summed E-state index contributed by atoms with van der Waals surface area (Å²) >= 11 is 0. The molecule has 4 aromatic rings. The maximum Gasteiger partial charge on any atom is 0.141 e. The van der Waals surface area contributed by atoms with Crippen molar-refractivity contribution in [2.45, 2.75) is 52.5 Å². The predicted molar refractivity (Wildman–Crippen MR) is 129 cm³/mol. The van der Waals surface area contributed by atoms with E-state index in [1.165, 1.54) is 54.6 Å². The number of hydrogen-bond donors (Lipinski definition) is 1. The zero-order valence-corrected chi connectivity index (χ0v) is 18.9. The van der Waals surface area contributed by atoms with Gasteiger partial charge in [-0.2, -0.15) is 5.26 Å². The van der Waals surface area contributed by atoms with Crippen molar-refractivity contribution in [1.82, 2.24) is 19.9 Å². The average Bonchev–Trinajstić information content (AvgIpc) is 3.21. The highest BCUT2D eigenvalue weighted by molar-refractivity contribution is 6.07. The summed E-state index contributed by atoms with van der Waals surface area (Å²) in [6, 6.07) is 10.9. The van der Waals surface area contributed by atoms with Gasteiger partial charge in [0, 0.05) is 29.1 Å². The fourth-order valence-electron chi connectivity index (χ4n) is 5.03. The molecule has 0 spiro atoms. The number of likely N-dealkylation sites (tertiary alicyclic amines) is 1. The summed E-state index contributed by atoms with van der Waals surface area (Å²) in [7, 11) is 0. The van der Waals surface area contributed by atoms with E-state index in [-0.39, 0.29) is 0 Å². The zero-order chi connectivity index (χ0) is 22.1. The summed E-state index contributed by atoms with van der Waals surface area (Å²) in [4.78, 5) is 14.8. The number of H-pyrrole nitrogens is 1. The van der Waals surface area contributed by atoms with E-state index in [0.717, 1.165) is 46.9 Å². The minimum absolute atomic E-state index is 0.424. The average molecular weight is 424 g/mol. The van der Waals surface area contributed by atoms with E-state index in [9.17, 15) is 5.26 Å². The van der Waals surface area contributed by atoms with Crippen molar-refractivity contribution in [1.29, 1.82) is 5.26 Å². The largest absolute Gasteiger partial charge is 0.338 e. The topological polar surface area (TPSA) is 68.6 Å². The van der Waals surface area contributed by atoms with Gasteiger partial charge in [-0.1, -0.05) is 32.4 Å². The van der Waals surface area contributed by atoms with Gasteiger partial charge < -0.3 is 4.98 Å². The molecule has 0 radical (unpaired) electrons. The van der Waals surface area contributed by atoms with Crippen LogP contribution in [0.15, 0.2) is 36.7 Å². The van der Waals surface area contributed by atoms with Crippen LogP contribution in [0, 0.1) is 11.3 Å². The highest BCUT2D eigenvalue weighted by Gasteiger charge is 2.17. The standard InChI is InChI=1S/C27H29N5/c1-3-18-10-20(11-19(4-2)25(18)17-32-8-6-5-7-9-32)21-12-24-23-13-22(14-28)29-16-26(23)31-27(24)30-15-21/h10-13,15-16H,3-9,17H2,1-2H3,(H,30,31). The third-order valence-electron chi connectivity index (χ3n) is 6.81. The van der Waals surface area contributed by atoms with Gasteiger partial charge in [-0.15, -0.1) is 0 Å². The Balaban J connectivity index is 1.59. The lowest BCUT2D eigenvalue weighted by molar-refractivity contribution is 0.220. The Labute approximate surface area is 189 Å². The molecule has 5 nitrogen and oxygen atoms in total. The third kappa shape index (κ3) is 3.76. The SMILES string of the molecule is CCc1cc(-c2cnc3[nH]c4cnc(C#N)cc4c3c2)cc(CC)c1CN1CCCCC1. The molecule has 5 heteroatoms. The monoisotopic (exact) mass is 423 g/mol. The van der Waals surface area contributed by atoms with Crippen molar-refractivity contribution in [2.75, 3.05) is 13.1 Å². The van der Waals surface area contributed by atoms with Gasteiger partial charge in [0.2, 0.25) is 0 Å². The molecule has 0 atom stereocenters. The van der Waals surface area contributed by atoms with Crippen LogP contribution in [0.25, 0.3) is 33.1 Å². The summed E-state index contributed by atoms with van der Waals surface area (Å²) in [5, 5.41) is 11.3. The molecule has 0 aliphatic carbocycles. The van der Waals surface area contributed by atoms with E-state index in [1.807, 2.05) is 12.3 Å². The number of aromatic nitrogens is 3. The van der Waals surface area contributed by atoms with Crippen molar-refractivity contribution in [3.8, 4) is 17.2 Å². The molecule has 5 rings (SSSR count). The molecule has 1 fully saturated rings. The van der Waals surface area contributed by atoms with Gasteiger partial charge in [0.25, 0.3) is 0 Å². The normalized spacial score (nSPS) is 14.8. The lowest BCUT2D eigenvalue weighted by Crippen LogP contribution is -2.30. The molecule has 0 amide bonds. The fourth-order valence-corrected chi connectivity index (χ4v) is 5.03. The molecule has 1 aliphatic rings. The first-order valence-corrected chi connectivity index (χ1v) is 11.7. The number of rotatable bonds is 5. The second kappa shape index (κ2) is 8.72. The number of nitriles is 1. The first kappa shape index (κ1) is 20.7. The van der Waals surface area contributed by atoms with Crippen molar-refractivity contribution in [2.24, 2.45) is 0 Å². The van der Waals surface area contributed by atoms with Crippen LogP contribution < -0.4 is 0 Å². The Kier molecular flexibility index (Phi) is 5.63. The number of nitrogens with zero attached hydrogens (tertiary/aromatic N) is 4. The Morgan fingerprint density at radius 2 is 1.66 bits per heavy atom. The van der Waals surface area contributed by atoms with Gasteiger partial charge in [0.1, 0.15) is 17.4 Å². The summed E-state index contributed by atoms with van der Waals surface area (Å²) in [6.45, 7) is 8.02. The van der Waals surface area contributed by atoms with Gasteiger partial charge in [0.15, 0.2) is 0 Å². The minimum Gasteiger partial charge on any atom is -0.338 e. The Morgan fingerprint density at radius 1 is 0.906 bits per heavy atom. The van der Waals surface area contributed by atoms with Crippen LogP contribution in [-0.2, 0) is 19.4 Å². The van der Waals surface area contributed by atoms with Crippen molar-refractivity contribution in [3.63, 3.8) is 0 Å². The molecular formula is C27H29N5. The molecule has 0 saturated carbocycles. The Bertz CT molecular complexity index is 1300. The summed E-state index contributed by atoms with van der Waals surface area (Å²) in [5.41, 5.74) is 8.90. The highest BCUT2D eigenvalue weighted by atomic mass is 15.1. The van der Waals surface area contributed by atoms with Crippen LogP contribution in [0.5, 0.6) is 0 Å². The molecule has 0 bridgehead atoms. The van der Waals surface area contributed by atoms with Gasteiger partial charge >= 0.3 is 0 Å². The van der Waals surface area contributed by atoms with E-state index in [4.69, 9.17) is 4.98 Å². The lowest BCUT2D eigenvalue weighted by atomic mass is 9.91. The van der Waals surface area contributed by atoms with Gasteiger partial charge in [0.05, 0.1) is 11.7 Å². The number of nitrogens with one attached hydrogen (secondary N) is 1. The Hall–Kier alpha value is -3.23. The summed E-state index contributed by atoms with van der Waals surface area (Å²) < 4.78 is 0. The highest BCUT2D eigenvalue weighted by Crippen LogP contribution is 2.32. The number of pyridine rings is 2. The smallest absolute Gasteiger partial charge is 0.141 e. The number of aromatic amines is 1. The number of hydrogen-bond acceptors (Lipinski definition) is 4. The Morgan fingerprint density at radius 3 is 2.34 bits per heavy atom. The first-order chi connectivity index (χ1) is 15.7. The number of benzene rings is 1. The summed E-state index contributed by atoms with van der Waals surface area (Å²) in [5.74, 6) is 0. The van der Waals surface area contributed by atoms with Crippen LogP contribution >= 0.6 is 0 Å². The maximum absolute atomic E-state index is 9.26. The second-order valence-electron chi connectivity index (χ2n) is 8.79. The van der Waals surface area contributed by atoms with Gasteiger partial charge in [-0.25, -0.2) is 9.97 Å². The van der Waals surface area contributed by atoms with E-state index in [0.29, 0.717) is 5.69 Å². The maximum atomic E-state index is 9.26. The molecule has 4 heterocycles. The van der Waals surface area contributed by atoms with Crippen molar-refractivity contribution in [3.05, 3.63) is 59.0 Å². The van der Waals surface area contributed by atoms with E-state index >= 15 is 0 Å². The van der Waals surface area contributed by atoms with Crippen LogP contribution in [0.4, 0.5) is 0 Å². The van der Waals surface area contributed by atoms with Crippen LogP contribution in [0.3, 0.4) is 0 Å². The number of aryl methyl sites for hydroxylation is 2. The fraction of sp³-hybridized carbons (Fsp3) is 0.370. The van der Waals surface area contributed by atoms with Gasteiger partial charge in [-0.05, 0) is 73.2 Å². The minimum atomic E-state index is 0.424. The van der Waals surface area contributed by atoms with Crippen LogP contribution in [0.1, 0.15) is 55.5 Å². The molecule has 32 heavy (non-hydrogen) atoms. The number of fused-ring (bicyclic) bond motifs is 3. The second-order valence-corrected chi connectivity index (χ2v) is 8.79.